The number of fused-ring (bicyclic) bond motifs is 1. The number of ether oxygens (including phenoxy) is 2. The van der Waals surface area contributed by atoms with Crippen LogP contribution in [-0.4, -0.2) is 61.8 Å². The fourth-order valence-electron chi connectivity index (χ4n) is 3.39. The SMILES string of the molecule is CCOc1cccc2sc(N(CCCN3CCOCC3)C(=O)c3cccs3)nc12. The van der Waals surface area contributed by atoms with Crippen molar-refractivity contribution in [1.82, 2.24) is 9.88 Å². The third kappa shape index (κ3) is 4.78. The Kier molecular flexibility index (Phi) is 6.76. The molecule has 0 unspecified atom stereocenters. The topological polar surface area (TPSA) is 54.9 Å². The monoisotopic (exact) mass is 431 g/mol. The van der Waals surface area contributed by atoms with Gasteiger partial charge in [0.2, 0.25) is 0 Å². The van der Waals surface area contributed by atoms with Gasteiger partial charge in [0.25, 0.3) is 5.91 Å². The molecule has 3 aromatic rings. The first-order valence-corrected chi connectivity index (χ1v) is 11.6. The van der Waals surface area contributed by atoms with Crippen molar-refractivity contribution in [3.8, 4) is 5.75 Å². The summed E-state index contributed by atoms with van der Waals surface area (Å²) >= 11 is 3.01. The first-order chi connectivity index (χ1) is 14.3. The standard InChI is InChI=1S/C21H25N3O3S2/c1-2-27-16-6-3-7-17-19(16)22-21(29-17)24(20(25)18-8-4-15-28-18)10-5-9-23-11-13-26-14-12-23/h3-4,6-8,15H,2,5,9-14H2,1H3. The minimum atomic E-state index is 0.0130. The summed E-state index contributed by atoms with van der Waals surface area (Å²) in [7, 11) is 0. The molecule has 154 valence electrons. The van der Waals surface area contributed by atoms with E-state index in [1.807, 2.05) is 47.5 Å². The molecule has 0 bridgehead atoms. The molecule has 4 rings (SSSR count). The minimum absolute atomic E-state index is 0.0130. The van der Waals surface area contributed by atoms with Gasteiger partial charge in [-0.1, -0.05) is 23.5 Å². The van der Waals surface area contributed by atoms with E-state index in [4.69, 9.17) is 14.5 Å². The van der Waals surface area contributed by atoms with Crippen LogP contribution in [0.25, 0.3) is 10.2 Å². The lowest BCUT2D eigenvalue weighted by Gasteiger charge is -2.27. The Morgan fingerprint density at radius 3 is 2.90 bits per heavy atom. The number of rotatable bonds is 8. The molecule has 3 heterocycles. The minimum Gasteiger partial charge on any atom is -0.492 e. The smallest absolute Gasteiger partial charge is 0.270 e. The van der Waals surface area contributed by atoms with E-state index in [0.717, 1.165) is 65.2 Å². The van der Waals surface area contributed by atoms with Gasteiger partial charge >= 0.3 is 0 Å². The summed E-state index contributed by atoms with van der Waals surface area (Å²) in [6, 6.07) is 9.72. The van der Waals surface area contributed by atoms with Crippen molar-refractivity contribution in [3.63, 3.8) is 0 Å². The number of morpholine rings is 1. The number of thiazole rings is 1. The normalized spacial score (nSPS) is 14.9. The number of thiophene rings is 1. The van der Waals surface area contributed by atoms with Crippen LogP contribution < -0.4 is 9.64 Å². The zero-order chi connectivity index (χ0) is 20.1. The predicted octanol–water partition coefficient (Wildman–Crippen LogP) is 4.13. The van der Waals surface area contributed by atoms with E-state index in [1.165, 1.54) is 11.3 Å². The van der Waals surface area contributed by atoms with Crippen LogP contribution in [0.2, 0.25) is 0 Å². The highest BCUT2D eigenvalue weighted by Crippen LogP contribution is 2.35. The van der Waals surface area contributed by atoms with Crippen LogP contribution in [0.3, 0.4) is 0 Å². The van der Waals surface area contributed by atoms with E-state index in [-0.39, 0.29) is 5.91 Å². The van der Waals surface area contributed by atoms with Gasteiger partial charge in [-0.25, -0.2) is 4.98 Å². The molecule has 1 aliphatic heterocycles. The maximum absolute atomic E-state index is 13.2. The van der Waals surface area contributed by atoms with E-state index >= 15 is 0 Å². The lowest BCUT2D eigenvalue weighted by molar-refractivity contribution is 0.0376. The molecule has 0 saturated carbocycles. The quantitative estimate of drug-likeness (QED) is 0.537. The molecular formula is C21H25N3O3S2. The predicted molar refractivity (Wildman–Crippen MR) is 119 cm³/mol. The average molecular weight is 432 g/mol. The summed E-state index contributed by atoms with van der Waals surface area (Å²) in [5.41, 5.74) is 0.825. The molecular weight excluding hydrogens is 406 g/mol. The highest BCUT2D eigenvalue weighted by Gasteiger charge is 2.23. The van der Waals surface area contributed by atoms with Crippen molar-refractivity contribution in [3.05, 3.63) is 40.6 Å². The van der Waals surface area contributed by atoms with Crippen molar-refractivity contribution in [2.75, 3.05) is 50.9 Å². The van der Waals surface area contributed by atoms with Crippen LogP contribution in [0.5, 0.6) is 5.75 Å². The fourth-order valence-corrected chi connectivity index (χ4v) is 5.07. The number of aromatic nitrogens is 1. The Labute approximate surface area is 178 Å². The van der Waals surface area contributed by atoms with Gasteiger partial charge < -0.3 is 9.47 Å². The van der Waals surface area contributed by atoms with Crippen molar-refractivity contribution in [1.29, 1.82) is 0 Å². The highest BCUT2D eigenvalue weighted by atomic mass is 32.1. The second-order valence-corrected chi connectivity index (χ2v) is 8.73. The molecule has 8 heteroatoms. The van der Waals surface area contributed by atoms with Crippen LogP contribution in [0.1, 0.15) is 23.0 Å². The molecule has 0 aliphatic carbocycles. The van der Waals surface area contributed by atoms with Gasteiger partial charge in [0.1, 0.15) is 11.3 Å². The zero-order valence-corrected chi connectivity index (χ0v) is 18.1. The van der Waals surface area contributed by atoms with Gasteiger partial charge in [-0.05, 0) is 36.9 Å². The number of carbonyl (C=O) groups is 1. The van der Waals surface area contributed by atoms with E-state index in [1.54, 1.807) is 11.3 Å². The summed E-state index contributed by atoms with van der Waals surface area (Å²) in [5, 5.41) is 2.66. The molecule has 6 nitrogen and oxygen atoms in total. The number of hydrogen-bond acceptors (Lipinski definition) is 7. The largest absolute Gasteiger partial charge is 0.492 e. The number of anilines is 1. The molecule has 1 fully saturated rings. The molecule has 2 aromatic heterocycles. The Balaban J connectivity index is 1.56. The second kappa shape index (κ2) is 9.67. The van der Waals surface area contributed by atoms with Gasteiger partial charge in [0.15, 0.2) is 5.13 Å². The summed E-state index contributed by atoms with van der Waals surface area (Å²) in [6.45, 7) is 7.62. The van der Waals surface area contributed by atoms with Crippen molar-refractivity contribution < 1.29 is 14.3 Å². The van der Waals surface area contributed by atoms with Crippen LogP contribution in [0.15, 0.2) is 35.7 Å². The van der Waals surface area contributed by atoms with Crippen molar-refractivity contribution in [2.24, 2.45) is 0 Å². The maximum atomic E-state index is 13.2. The lowest BCUT2D eigenvalue weighted by Crippen LogP contribution is -2.39. The van der Waals surface area contributed by atoms with Gasteiger partial charge in [-0.3, -0.25) is 14.6 Å². The molecule has 1 amide bonds. The Morgan fingerprint density at radius 2 is 2.14 bits per heavy atom. The molecule has 0 radical (unpaired) electrons. The first kappa shape index (κ1) is 20.3. The fraction of sp³-hybridized carbons (Fsp3) is 0.429. The van der Waals surface area contributed by atoms with E-state index in [0.29, 0.717) is 13.2 Å². The van der Waals surface area contributed by atoms with Gasteiger partial charge in [-0.15, -0.1) is 11.3 Å². The zero-order valence-electron chi connectivity index (χ0n) is 16.5. The molecule has 0 N–H and O–H groups in total. The summed E-state index contributed by atoms with van der Waals surface area (Å²) in [4.78, 5) is 23.0. The third-order valence-corrected chi connectivity index (χ3v) is 6.74. The molecule has 1 saturated heterocycles. The number of hydrogen-bond donors (Lipinski definition) is 0. The average Bonchev–Trinajstić information content (AvgIpc) is 3.42. The van der Waals surface area contributed by atoms with Crippen LogP contribution in [-0.2, 0) is 4.74 Å². The number of benzene rings is 1. The molecule has 1 aliphatic rings. The summed E-state index contributed by atoms with van der Waals surface area (Å²) < 4.78 is 12.2. The van der Waals surface area contributed by atoms with Crippen LogP contribution in [0, 0.1) is 0 Å². The van der Waals surface area contributed by atoms with Crippen LogP contribution in [0.4, 0.5) is 5.13 Å². The maximum Gasteiger partial charge on any atom is 0.270 e. The number of para-hydroxylation sites is 1. The van der Waals surface area contributed by atoms with Gasteiger partial charge in [0, 0.05) is 26.2 Å². The van der Waals surface area contributed by atoms with Crippen molar-refractivity contribution in [2.45, 2.75) is 13.3 Å². The Bertz CT molecular complexity index is 936. The summed E-state index contributed by atoms with van der Waals surface area (Å²) in [6.07, 6.45) is 0.894. The molecule has 0 spiro atoms. The Hall–Kier alpha value is -2.00. The number of nitrogens with zero attached hydrogens (tertiary/aromatic N) is 3. The van der Waals surface area contributed by atoms with E-state index in [9.17, 15) is 4.79 Å². The van der Waals surface area contributed by atoms with Crippen LogP contribution >= 0.6 is 22.7 Å². The number of carbonyl (C=O) groups excluding carboxylic acids is 1. The molecule has 1 aromatic carbocycles. The lowest BCUT2D eigenvalue weighted by atomic mass is 10.3. The third-order valence-electron chi connectivity index (χ3n) is 4.84. The van der Waals surface area contributed by atoms with Crippen molar-refractivity contribution >= 4 is 43.9 Å². The van der Waals surface area contributed by atoms with E-state index in [2.05, 4.69) is 4.90 Å². The summed E-state index contributed by atoms with van der Waals surface area (Å²) in [5.74, 6) is 0.781. The second-order valence-electron chi connectivity index (χ2n) is 6.77. The number of amides is 1. The van der Waals surface area contributed by atoms with Gasteiger partial charge in [0.05, 0.1) is 29.4 Å². The highest BCUT2D eigenvalue weighted by molar-refractivity contribution is 7.22. The molecule has 29 heavy (non-hydrogen) atoms. The first-order valence-electron chi connectivity index (χ1n) is 9.94. The Morgan fingerprint density at radius 1 is 1.28 bits per heavy atom. The molecule has 0 atom stereocenters. The van der Waals surface area contributed by atoms with E-state index < -0.39 is 0 Å². The van der Waals surface area contributed by atoms with Gasteiger partial charge in [-0.2, -0.15) is 0 Å².